The molecule has 0 heterocycles. The number of amides is 1. The molecule has 0 fully saturated rings. The van der Waals surface area contributed by atoms with Gasteiger partial charge in [-0.3, -0.25) is 4.79 Å². The lowest BCUT2D eigenvalue weighted by Gasteiger charge is -2.21. The quantitative estimate of drug-likeness (QED) is 0.244. The fraction of sp³-hybridized carbons (Fsp3) is 0.115. The molecule has 0 bridgehead atoms. The molecule has 1 amide bonds. The predicted octanol–water partition coefficient (Wildman–Crippen LogP) is 5.61. The number of rotatable bonds is 8. The molecule has 4 aromatic carbocycles. The van der Waals surface area contributed by atoms with Crippen molar-refractivity contribution in [1.82, 2.24) is 0 Å². The van der Waals surface area contributed by atoms with Crippen LogP contribution in [-0.2, 0) is 11.2 Å². The Kier molecular flexibility index (Phi) is 6.50. The minimum atomic E-state index is -0.735. The van der Waals surface area contributed by atoms with Crippen molar-refractivity contribution >= 4 is 33.7 Å². The minimum Gasteiger partial charge on any atom is -0.505 e. The minimum absolute atomic E-state index is 0.0479. The van der Waals surface area contributed by atoms with E-state index in [4.69, 9.17) is 4.74 Å². The van der Waals surface area contributed by atoms with Crippen LogP contribution < -0.4 is 15.4 Å². The van der Waals surface area contributed by atoms with E-state index in [9.17, 15) is 14.8 Å². The fourth-order valence-corrected chi connectivity index (χ4v) is 3.68. The largest absolute Gasteiger partial charge is 0.505 e. The van der Waals surface area contributed by atoms with Crippen LogP contribution in [0.5, 0.6) is 11.5 Å². The second kappa shape index (κ2) is 9.82. The molecule has 33 heavy (non-hydrogen) atoms. The number of hydrogen-bond acceptors (Lipinski definition) is 6. The summed E-state index contributed by atoms with van der Waals surface area (Å²) >= 11 is 0. The SMILES string of the molecule is COc1ccc(NC(=O)[C@@H](Cc2ccccc2)Nc2cc(N=O)c3ccccc3c2O)cc1. The third kappa shape index (κ3) is 4.93. The van der Waals surface area contributed by atoms with Gasteiger partial charge in [-0.15, -0.1) is 4.91 Å². The van der Waals surface area contributed by atoms with Crippen LogP contribution in [0, 0.1) is 4.91 Å². The molecular weight excluding hydrogens is 418 g/mol. The molecule has 0 unspecified atom stereocenters. The highest BCUT2D eigenvalue weighted by atomic mass is 16.5. The van der Waals surface area contributed by atoms with Crippen molar-refractivity contribution in [3.8, 4) is 11.5 Å². The number of nitrogens with one attached hydrogen (secondary N) is 2. The molecule has 4 rings (SSSR count). The monoisotopic (exact) mass is 441 g/mol. The summed E-state index contributed by atoms with van der Waals surface area (Å²) in [5.74, 6) is 0.340. The molecule has 7 heteroatoms. The van der Waals surface area contributed by atoms with Crippen LogP contribution in [0.1, 0.15) is 5.56 Å². The highest BCUT2D eigenvalue weighted by molar-refractivity contribution is 6.02. The van der Waals surface area contributed by atoms with E-state index in [1.807, 2.05) is 30.3 Å². The standard InChI is InChI=1S/C26H23N3O4/c1-33-19-13-11-18(12-14-19)27-26(31)24(15-17-7-3-2-4-8-17)28-23-16-22(29-32)20-9-5-6-10-21(20)25(23)30/h2-14,16,24,28,30H,15H2,1H3,(H,27,31)/t24-/m1/s1. The van der Waals surface area contributed by atoms with Crippen molar-refractivity contribution in [2.75, 3.05) is 17.7 Å². The fourth-order valence-electron chi connectivity index (χ4n) is 3.68. The number of carbonyl (C=O) groups is 1. The zero-order valence-corrected chi connectivity index (χ0v) is 18.0. The van der Waals surface area contributed by atoms with Gasteiger partial charge in [0.05, 0.1) is 12.8 Å². The number of ether oxygens (including phenoxy) is 1. The van der Waals surface area contributed by atoms with Crippen LogP contribution in [-0.4, -0.2) is 24.2 Å². The van der Waals surface area contributed by atoms with Crippen molar-refractivity contribution in [1.29, 1.82) is 0 Å². The molecule has 4 aromatic rings. The van der Waals surface area contributed by atoms with Crippen molar-refractivity contribution in [2.45, 2.75) is 12.5 Å². The molecule has 0 radical (unpaired) electrons. The van der Waals surface area contributed by atoms with Gasteiger partial charge in [0, 0.05) is 22.9 Å². The third-order valence-corrected chi connectivity index (χ3v) is 5.38. The number of aromatic hydroxyl groups is 1. The van der Waals surface area contributed by atoms with Gasteiger partial charge in [0.2, 0.25) is 5.91 Å². The number of hydrogen-bond donors (Lipinski definition) is 3. The maximum absolute atomic E-state index is 13.2. The third-order valence-electron chi connectivity index (χ3n) is 5.38. The Balaban J connectivity index is 1.66. The first-order valence-electron chi connectivity index (χ1n) is 10.4. The first-order valence-corrected chi connectivity index (χ1v) is 10.4. The summed E-state index contributed by atoms with van der Waals surface area (Å²) in [4.78, 5) is 24.7. The maximum atomic E-state index is 13.2. The van der Waals surface area contributed by atoms with Crippen molar-refractivity contribution < 1.29 is 14.6 Å². The van der Waals surface area contributed by atoms with Gasteiger partial charge in [0.15, 0.2) is 0 Å². The number of phenols is 1. The average molecular weight is 441 g/mol. The number of nitrogens with zero attached hydrogens (tertiary/aromatic N) is 1. The van der Waals surface area contributed by atoms with Gasteiger partial charge in [-0.05, 0) is 41.1 Å². The van der Waals surface area contributed by atoms with Gasteiger partial charge in [-0.2, -0.15) is 0 Å². The molecule has 166 valence electrons. The normalized spacial score (nSPS) is 11.5. The molecule has 0 saturated heterocycles. The van der Waals surface area contributed by atoms with Gasteiger partial charge < -0.3 is 20.5 Å². The molecular formula is C26H23N3O4. The Morgan fingerprint density at radius 2 is 1.64 bits per heavy atom. The zero-order chi connectivity index (χ0) is 23.2. The summed E-state index contributed by atoms with van der Waals surface area (Å²) < 4.78 is 5.16. The Morgan fingerprint density at radius 3 is 2.30 bits per heavy atom. The second-order valence-corrected chi connectivity index (χ2v) is 7.53. The topological polar surface area (TPSA) is 100 Å². The average Bonchev–Trinajstić information content (AvgIpc) is 2.86. The van der Waals surface area contributed by atoms with E-state index in [-0.39, 0.29) is 23.0 Å². The van der Waals surface area contributed by atoms with Crippen LogP contribution in [0.3, 0.4) is 0 Å². The van der Waals surface area contributed by atoms with E-state index in [2.05, 4.69) is 15.8 Å². The summed E-state index contributed by atoms with van der Waals surface area (Å²) in [6.45, 7) is 0. The number of phenolic OH excluding ortho intramolecular Hbond substituents is 1. The van der Waals surface area contributed by atoms with Gasteiger partial charge in [0.25, 0.3) is 0 Å². The smallest absolute Gasteiger partial charge is 0.247 e. The van der Waals surface area contributed by atoms with Crippen LogP contribution in [0.2, 0.25) is 0 Å². The summed E-state index contributed by atoms with van der Waals surface area (Å²) in [6, 6.07) is 24.2. The lowest BCUT2D eigenvalue weighted by molar-refractivity contribution is -0.116. The van der Waals surface area contributed by atoms with E-state index in [1.165, 1.54) is 6.07 Å². The van der Waals surface area contributed by atoms with Gasteiger partial charge in [-0.1, -0.05) is 54.6 Å². The van der Waals surface area contributed by atoms with E-state index < -0.39 is 6.04 Å². The summed E-state index contributed by atoms with van der Waals surface area (Å²) in [6.07, 6.45) is 0.360. The summed E-state index contributed by atoms with van der Waals surface area (Å²) in [7, 11) is 1.58. The van der Waals surface area contributed by atoms with Crippen molar-refractivity contribution in [3.63, 3.8) is 0 Å². The van der Waals surface area contributed by atoms with Crippen molar-refractivity contribution in [2.24, 2.45) is 5.18 Å². The summed E-state index contributed by atoms with van der Waals surface area (Å²) in [5.41, 5.74) is 1.99. The molecule has 0 aliphatic rings. The van der Waals surface area contributed by atoms with Gasteiger partial charge in [0.1, 0.15) is 23.2 Å². The van der Waals surface area contributed by atoms with E-state index in [1.54, 1.807) is 55.6 Å². The number of benzene rings is 4. The van der Waals surface area contributed by atoms with Crippen molar-refractivity contribution in [3.05, 3.63) is 95.4 Å². The number of carbonyl (C=O) groups excluding carboxylic acids is 1. The lowest BCUT2D eigenvalue weighted by Crippen LogP contribution is -2.36. The molecule has 3 N–H and O–H groups in total. The van der Waals surface area contributed by atoms with E-state index in [0.717, 1.165) is 5.56 Å². The maximum Gasteiger partial charge on any atom is 0.247 e. The second-order valence-electron chi connectivity index (χ2n) is 7.53. The first-order chi connectivity index (χ1) is 16.1. The molecule has 0 saturated carbocycles. The Morgan fingerprint density at radius 1 is 0.970 bits per heavy atom. The highest BCUT2D eigenvalue weighted by Gasteiger charge is 2.22. The predicted molar refractivity (Wildman–Crippen MR) is 130 cm³/mol. The molecule has 0 spiro atoms. The Labute approximate surface area is 191 Å². The van der Waals surface area contributed by atoms with E-state index >= 15 is 0 Å². The van der Waals surface area contributed by atoms with Crippen LogP contribution in [0.4, 0.5) is 17.1 Å². The molecule has 0 aromatic heterocycles. The Hall–Kier alpha value is -4.39. The molecule has 0 aliphatic heterocycles. The first kappa shape index (κ1) is 21.8. The van der Waals surface area contributed by atoms with Crippen LogP contribution >= 0.6 is 0 Å². The van der Waals surface area contributed by atoms with E-state index in [0.29, 0.717) is 28.6 Å². The molecule has 7 nitrogen and oxygen atoms in total. The Bertz CT molecular complexity index is 1270. The number of anilines is 2. The number of methoxy groups -OCH3 is 1. The molecule has 0 aliphatic carbocycles. The lowest BCUT2D eigenvalue weighted by atomic mass is 10.0. The van der Waals surface area contributed by atoms with Gasteiger partial charge >= 0.3 is 0 Å². The van der Waals surface area contributed by atoms with Gasteiger partial charge in [-0.25, -0.2) is 0 Å². The van der Waals surface area contributed by atoms with Crippen LogP contribution in [0.15, 0.2) is 90.1 Å². The van der Waals surface area contributed by atoms with Crippen LogP contribution in [0.25, 0.3) is 10.8 Å². The highest BCUT2D eigenvalue weighted by Crippen LogP contribution is 2.39. The number of nitroso groups, excluding NO2 is 1. The zero-order valence-electron chi connectivity index (χ0n) is 18.0. The number of fused-ring (bicyclic) bond motifs is 1. The summed E-state index contributed by atoms with van der Waals surface area (Å²) in [5, 5.41) is 21.0. The molecule has 1 atom stereocenters.